The number of aromatic nitrogens is 1. The van der Waals surface area contributed by atoms with Gasteiger partial charge in [-0.25, -0.2) is 4.98 Å². The second-order valence-corrected chi connectivity index (χ2v) is 3.78. The first kappa shape index (κ1) is 10.3. The zero-order chi connectivity index (χ0) is 10.8. The molecule has 0 saturated heterocycles. The highest BCUT2D eigenvalue weighted by Gasteiger charge is 2.06. The van der Waals surface area contributed by atoms with Gasteiger partial charge >= 0.3 is 0 Å². The van der Waals surface area contributed by atoms with E-state index in [0.717, 1.165) is 5.56 Å². The number of pyridine rings is 1. The van der Waals surface area contributed by atoms with E-state index in [1.54, 1.807) is 30.5 Å². The Bertz CT molecular complexity index is 500. The molecule has 0 radical (unpaired) electrons. The fourth-order valence-electron chi connectivity index (χ4n) is 1.29. The van der Waals surface area contributed by atoms with Gasteiger partial charge in [0.2, 0.25) is 0 Å². The van der Waals surface area contributed by atoms with Crippen LogP contribution in [0.1, 0.15) is 0 Å². The molecule has 0 spiro atoms. The molecule has 0 aliphatic carbocycles. The monoisotopic (exact) mass is 239 g/mol. The Hall–Kier alpha value is -1.25. The summed E-state index contributed by atoms with van der Waals surface area (Å²) in [7, 11) is 0. The Morgan fingerprint density at radius 2 is 1.87 bits per heavy atom. The van der Waals surface area contributed by atoms with Crippen LogP contribution in [-0.2, 0) is 0 Å². The smallest absolute Gasteiger partial charge is 0.147 e. The molecule has 1 heterocycles. The van der Waals surface area contributed by atoms with Gasteiger partial charge in [0.1, 0.15) is 10.9 Å². The Morgan fingerprint density at radius 1 is 1.13 bits per heavy atom. The topological polar surface area (TPSA) is 33.1 Å². The number of halogens is 2. The van der Waals surface area contributed by atoms with E-state index in [0.29, 0.717) is 10.6 Å². The quantitative estimate of drug-likeness (QED) is 0.769. The van der Waals surface area contributed by atoms with Crippen molar-refractivity contribution in [1.29, 1.82) is 0 Å². The highest BCUT2D eigenvalue weighted by Crippen LogP contribution is 2.31. The molecule has 76 valence electrons. The molecule has 1 aromatic carbocycles. The molecule has 2 rings (SSSR count). The maximum atomic E-state index is 9.62. The van der Waals surface area contributed by atoms with Gasteiger partial charge in [0.25, 0.3) is 0 Å². The summed E-state index contributed by atoms with van der Waals surface area (Å²) < 4.78 is 0. The summed E-state index contributed by atoms with van der Waals surface area (Å²) >= 11 is 11.5. The number of para-hydroxylation sites is 1. The number of benzene rings is 1. The molecule has 0 aliphatic heterocycles. The first-order chi connectivity index (χ1) is 7.18. The summed E-state index contributed by atoms with van der Waals surface area (Å²) in [6.07, 6.45) is 1.57. The number of rotatable bonds is 1. The minimum absolute atomic E-state index is 0.192. The number of nitrogens with zero attached hydrogens (tertiary/aromatic N) is 1. The van der Waals surface area contributed by atoms with E-state index in [-0.39, 0.29) is 10.9 Å². The lowest BCUT2D eigenvalue weighted by atomic mass is 10.1. The van der Waals surface area contributed by atoms with Gasteiger partial charge in [0.15, 0.2) is 0 Å². The summed E-state index contributed by atoms with van der Waals surface area (Å²) in [4.78, 5) is 3.92. The highest BCUT2D eigenvalue weighted by atomic mass is 35.5. The largest absolute Gasteiger partial charge is 0.507 e. The second-order valence-electron chi connectivity index (χ2n) is 3.01. The number of hydrogen-bond donors (Lipinski definition) is 1. The predicted octanol–water partition coefficient (Wildman–Crippen LogP) is 3.76. The molecule has 1 N–H and O–H groups in total. The van der Waals surface area contributed by atoms with E-state index in [4.69, 9.17) is 23.2 Å². The molecule has 4 heteroatoms. The van der Waals surface area contributed by atoms with Crippen LogP contribution in [0.5, 0.6) is 5.75 Å². The van der Waals surface area contributed by atoms with Gasteiger partial charge in [0, 0.05) is 17.3 Å². The average Bonchev–Trinajstić information content (AvgIpc) is 2.23. The zero-order valence-corrected chi connectivity index (χ0v) is 9.13. The summed E-state index contributed by atoms with van der Waals surface area (Å²) in [5.41, 5.74) is 1.42. The molecule has 0 atom stereocenters. The third kappa shape index (κ3) is 2.06. The molecule has 15 heavy (non-hydrogen) atoms. The summed E-state index contributed by atoms with van der Waals surface area (Å²) in [6.45, 7) is 0. The Morgan fingerprint density at radius 3 is 2.53 bits per heavy atom. The maximum Gasteiger partial charge on any atom is 0.147 e. The van der Waals surface area contributed by atoms with Gasteiger partial charge in [0.05, 0.1) is 5.02 Å². The van der Waals surface area contributed by atoms with Gasteiger partial charge in [-0.2, -0.15) is 0 Å². The van der Waals surface area contributed by atoms with E-state index in [1.165, 1.54) is 0 Å². The van der Waals surface area contributed by atoms with Crippen LogP contribution in [0, 0.1) is 0 Å². The molecule has 2 aromatic rings. The lowest BCUT2D eigenvalue weighted by molar-refractivity contribution is 0.477. The maximum absolute atomic E-state index is 9.62. The standard InChI is InChI=1S/C11H7Cl2NO/c12-9-5-7(6-14-11(9)13)8-3-1-2-4-10(8)15/h1-6,15H. The number of aromatic hydroxyl groups is 1. The minimum Gasteiger partial charge on any atom is -0.507 e. The van der Waals surface area contributed by atoms with Crippen molar-refractivity contribution in [3.05, 3.63) is 46.7 Å². The minimum atomic E-state index is 0.192. The van der Waals surface area contributed by atoms with Crippen LogP contribution >= 0.6 is 23.2 Å². The third-order valence-electron chi connectivity index (χ3n) is 2.01. The van der Waals surface area contributed by atoms with Crippen molar-refractivity contribution in [2.75, 3.05) is 0 Å². The van der Waals surface area contributed by atoms with E-state index >= 15 is 0 Å². The second kappa shape index (κ2) is 4.09. The molecule has 0 saturated carbocycles. The molecule has 1 aromatic heterocycles. The number of phenolic OH excluding ortho intramolecular Hbond substituents is 1. The lowest BCUT2D eigenvalue weighted by Gasteiger charge is -2.04. The number of phenols is 1. The third-order valence-corrected chi connectivity index (χ3v) is 2.70. The van der Waals surface area contributed by atoms with Gasteiger partial charge in [-0.15, -0.1) is 0 Å². The molecular formula is C11H7Cl2NO. The first-order valence-corrected chi connectivity index (χ1v) is 5.03. The van der Waals surface area contributed by atoms with Crippen LogP contribution in [0.25, 0.3) is 11.1 Å². The molecule has 0 unspecified atom stereocenters. The van der Waals surface area contributed by atoms with Crippen molar-refractivity contribution in [3.8, 4) is 16.9 Å². The number of hydrogen-bond acceptors (Lipinski definition) is 2. The fraction of sp³-hybridized carbons (Fsp3) is 0. The van der Waals surface area contributed by atoms with Gasteiger partial charge in [-0.05, 0) is 12.1 Å². The van der Waals surface area contributed by atoms with Crippen LogP contribution in [-0.4, -0.2) is 10.1 Å². The van der Waals surface area contributed by atoms with Crippen LogP contribution in [0.15, 0.2) is 36.5 Å². The first-order valence-electron chi connectivity index (χ1n) is 4.28. The van der Waals surface area contributed by atoms with Crippen molar-refractivity contribution in [1.82, 2.24) is 4.98 Å². The summed E-state index contributed by atoms with van der Waals surface area (Å²) in [5, 5.41) is 10.3. The van der Waals surface area contributed by atoms with Gasteiger partial charge < -0.3 is 5.11 Å². The Balaban J connectivity index is 2.55. The molecule has 0 amide bonds. The molecule has 0 aliphatic rings. The Kier molecular flexibility index (Phi) is 2.80. The van der Waals surface area contributed by atoms with Crippen LogP contribution < -0.4 is 0 Å². The summed E-state index contributed by atoms with van der Waals surface area (Å²) in [5.74, 6) is 0.192. The molecule has 0 bridgehead atoms. The average molecular weight is 240 g/mol. The van der Waals surface area contributed by atoms with Gasteiger partial charge in [-0.1, -0.05) is 41.4 Å². The van der Waals surface area contributed by atoms with Crippen molar-refractivity contribution in [2.45, 2.75) is 0 Å². The SMILES string of the molecule is Oc1ccccc1-c1cnc(Cl)c(Cl)c1. The zero-order valence-electron chi connectivity index (χ0n) is 7.61. The van der Waals surface area contributed by atoms with E-state index in [9.17, 15) is 5.11 Å². The fourth-order valence-corrected chi connectivity index (χ4v) is 1.56. The lowest BCUT2D eigenvalue weighted by Crippen LogP contribution is -1.82. The molecule has 0 fully saturated rings. The molecular weight excluding hydrogens is 233 g/mol. The van der Waals surface area contributed by atoms with E-state index in [2.05, 4.69) is 4.98 Å². The van der Waals surface area contributed by atoms with Crippen LogP contribution in [0.2, 0.25) is 10.2 Å². The normalized spacial score (nSPS) is 10.3. The summed E-state index contributed by atoms with van der Waals surface area (Å²) in [6, 6.07) is 8.65. The van der Waals surface area contributed by atoms with Crippen molar-refractivity contribution < 1.29 is 5.11 Å². The van der Waals surface area contributed by atoms with Gasteiger partial charge in [-0.3, -0.25) is 0 Å². The Labute approximate surface area is 97.1 Å². The highest BCUT2D eigenvalue weighted by molar-refractivity contribution is 6.41. The van der Waals surface area contributed by atoms with Crippen molar-refractivity contribution in [3.63, 3.8) is 0 Å². The van der Waals surface area contributed by atoms with E-state index in [1.807, 2.05) is 6.07 Å². The van der Waals surface area contributed by atoms with Crippen molar-refractivity contribution >= 4 is 23.2 Å². The van der Waals surface area contributed by atoms with Crippen LogP contribution in [0.4, 0.5) is 0 Å². The van der Waals surface area contributed by atoms with Crippen molar-refractivity contribution in [2.24, 2.45) is 0 Å². The predicted molar refractivity (Wildman–Crippen MR) is 61.4 cm³/mol. The van der Waals surface area contributed by atoms with Crippen LogP contribution in [0.3, 0.4) is 0 Å². The molecule has 2 nitrogen and oxygen atoms in total. The van der Waals surface area contributed by atoms with E-state index < -0.39 is 0 Å².